The van der Waals surface area contributed by atoms with Crippen LogP contribution >= 0.6 is 0 Å². The second-order valence-electron chi connectivity index (χ2n) is 4.44. The summed E-state index contributed by atoms with van der Waals surface area (Å²) in [5.74, 6) is 0. The summed E-state index contributed by atoms with van der Waals surface area (Å²) < 4.78 is 0. The third-order valence-corrected chi connectivity index (χ3v) is 3.22. The van der Waals surface area contributed by atoms with E-state index in [0.29, 0.717) is 5.65 Å². The van der Waals surface area contributed by atoms with Gasteiger partial charge in [-0.2, -0.15) is 15.4 Å². The zero-order valence-corrected chi connectivity index (χ0v) is 10.2. The molecule has 0 bridgehead atoms. The minimum atomic E-state index is 0.621. The number of pyridine rings is 1. The van der Waals surface area contributed by atoms with Crippen LogP contribution in [0.2, 0.25) is 0 Å². The predicted octanol–water partition coefficient (Wildman–Crippen LogP) is 2.20. The van der Waals surface area contributed by atoms with Gasteiger partial charge in [-0.15, -0.1) is 5.10 Å². The quantitative estimate of drug-likeness (QED) is 0.542. The minimum absolute atomic E-state index is 0.621. The van der Waals surface area contributed by atoms with Crippen LogP contribution in [0.1, 0.15) is 5.69 Å². The molecule has 0 spiro atoms. The van der Waals surface area contributed by atoms with E-state index in [0.717, 1.165) is 33.4 Å². The molecule has 0 atom stereocenters. The zero-order valence-electron chi connectivity index (χ0n) is 10.2. The first kappa shape index (κ1) is 10.2. The SMILES string of the molecule is Cc1[nH]nc2cc(-c3ccc4n[nH]nc4n3)ccc12. The summed E-state index contributed by atoms with van der Waals surface area (Å²) in [4.78, 5) is 4.48. The molecule has 0 saturated heterocycles. The van der Waals surface area contributed by atoms with E-state index in [1.165, 1.54) is 0 Å². The number of nitrogens with zero attached hydrogens (tertiary/aromatic N) is 4. The fourth-order valence-corrected chi connectivity index (χ4v) is 2.20. The minimum Gasteiger partial charge on any atom is -0.282 e. The van der Waals surface area contributed by atoms with Gasteiger partial charge in [-0.1, -0.05) is 12.1 Å². The van der Waals surface area contributed by atoms with Gasteiger partial charge in [0.1, 0.15) is 5.52 Å². The summed E-state index contributed by atoms with van der Waals surface area (Å²) in [7, 11) is 0. The van der Waals surface area contributed by atoms with Crippen molar-refractivity contribution in [2.45, 2.75) is 6.92 Å². The number of fused-ring (bicyclic) bond motifs is 2. The number of rotatable bonds is 1. The summed E-state index contributed by atoms with van der Waals surface area (Å²) in [5.41, 5.74) is 5.28. The third kappa shape index (κ3) is 1.50. The maximum Gasteiger partial charge on any atom is 0.202 e. The molecule has 0 fully saturated rings. The van der Waals surface area contributed by atoms with Crippen LogP contribution in [0.3, 0.4) is 0 Å². The number of aryl methyl sites for hydroxylation is 1. The molecule has 92 valence electrons. The van der Waals surface area contributed by atoms with Crippen LogP contribution in [0.15, 0.2) is 30.3 Å². The van der Waals surface area contributed by atoms with E-state index < -0.39 is 0 Å². The second-order valence-corrected chi connectivity index (χ2v) is 4.44. The van der Waals surface area contributed by atoms with E-state index in [1.807, 2.05) is 31.2 Å². The average molecular weight is 250 g/mol. The number of hydrogen-bond donors (Lipinski definition) is 2. The van der Waals surface area contributed by atoms with Gasteiger partial charge >= 0.3 is 0 Å². The van der Waals surface area contributed by atoms with E-state index in [1.54, 1.807) is 0 Å². The molecule has 4 rings (SSSR count). The van der Waals surface area contributed by atoms with Crippen molar-refractivity contribution in [3.05, 3.63) is 36.0 Å². The Morgan fingerprint density at radius 2 is 1.89 bits per heavy atom. The smallest absolute Gasteiger partial charge is 0.202 e. The Hall–Kier alpha value is -2.76. The van der Waals surface area contributed by atoms with Gasteiger partial charge in [0, 0.05) is 16.6 Å². The highest BCUT2D eigenvalue weighted by molar-refractivity contribution is 5.86. The van der Waals surface area contributed by atoms with Crippen LogP contribution in [0.5, 0.6) is 0 Å². The molecule has 19 heavy (non-hydrogen) atoms. The van der Waals surface area contributed by atoms with E-state index in [4.69, 9.17) is 0 Å². The van der Waals surface area contributed by atoms with Gasteiger partial charge in [0.05, 0.1) is 11.2 Å². The molecule has 0 aliphatic heterocycles. The van der Waals surface area contributed by atoms with Gasteiger partial charge in [0.2, 0.25) is 5.65 Å². The van der Waals surface area contributed by atoms with E-state index in [2.05, 4.69) is 36.7 Å². The Kier molecular flexibility index (Phi) is 1.94. The molecule has 6 heteroatoms. The van der Waals surface area contributed by atoms with Gasteiger partial charge < -0.3 is 0 Å². The largest absolute Gasteiger partial charge is 0.282 e. The Bertz CT molecular complexity index is 888. The first-order chi connectivity index (χ1) is 9.31. The van der Waals surface area contributed by atoms with Gasteiger partial charge in [0.15, 0.2) is 0 Å². The molecule has 4 aromatic rings. The Morgan fingerprint density at radius 3 is 2.84 bits per heavy atom. The molecular formula is C13H10N6. The normalized spacial score (nSPS) is 11.4. The van der Waals surface area contributed by atoms with E-state index in [9.17, 15) is 0 Å². The van der Waals surface area contributed by atoms with Crippen molar-refractivity contribution < 1.29 is 0 Å². The van der Waals surface area contributed by atoms with Crippen LogP contribution in [-0.4, -0.2) is 30.6 Å². The van der Waals surface area contributed by atoms with Gasteiger partial charge in [-0.05, 0) is 25.1 Å². The number of aromatic amines is 2. The molecule has 3 aromatic heterocycles. The third-order valence-electron chi connectivity index (χ3n) is 3.22. The van der Waals surface area contributed by atoms with E-state index >= 15 is 0 Å². The fourth-order valence-electron chi connectivity index (χ4n) is 2.20. The Labute approximate surface area is 107 Å². The number of benzene rings is 1. The Balaban J connectivity index is 1.92. The van der Waals surface area contributed by atoms with Crippen LogP contribution in [0, 0.1) is 6.92 Å². The van der Waals surface area contributed by atoms with Crippen molar-refractivity contribution in [1.29, 1.82) is 0 Å². The zero-order chi connectivity index (χ0) is 12.8. The van der Waals surface area contributed by atoms with Gasteiger partial charge in [-0.3, -0.25) is 5.10 Å². The van der Waals surface area contributed by atoms with Crippen molar-refractivity contribution in [3.63, 3.8) is 0 Å². The predicted molar refractivity (Wildman–Crippen MR) is 71.5 cm³/mol. The first-order valence-corrected chi connectivity index (χ1v) is 5.94. The molecule has 0 aliphatic rings. The highest BCUT2D eigenvalue weighted by Gasteiger charge is 2.07. The molecule has 0 unspecified atom stereocenters. The van der Waals surface area contributed by atoms with Crippen LogP contribution in [-0.2, 0) is 0 Å². The number of nitrogens with one attached hydrogen (secondary N) is 2. The number of aromatic nitrogens is 6. The van der Waals surface area contributed by atoms with Crippen LogP contribution in [0.25, 0.3) is 33.3 Å². The summed E-state index contributed by atoms with van der Waals surface area (Å²) >= 11 is 0. The molecule has 6 nitrogen and oxygen atoms in total. The molecule has 0 aliphatic carbocycles. The summed E-state index contributed by atoms with van der Waals surface area (Å²) in [6, 6.07) is 9.96. The van der Waals surface area contributed by atoms with Gasteiger partial charge in [0.25, 0.3) is 0 Å². The van der Waals surface area contributed by atoms with Crippen molar-refractivity contribution >= 4 is 22.1 Å². The molecule has 0 amide bonds. The van der Waals surface area contributed by atoms with E-state index in [-0.39, 0.29) is 0 Å². The molecular weight excluding hydrogens is 240 g/mol. The van der Waals surface area contributed by atoms with Crippen LogP contribution in [0.4, 0.5) is 0 Å². The standard InChI is InChI=1S/C13H10N6/c1-7-9-3-2-8(6-12(9)16-15-7)10-4-5-11-13(14-10)18-19-17-11/h2-6H,1H3,(H,15,16)(H,14,17,18,19). The summed E-state index contributed by atoms with van der Waals surface area (Å²) in [6.45, 7) is 2.01. The maximum absolute atomic E-state index is 4.48. The lowest BCUT2D eigenvalue weighted by Crippen LogP contribution is -1.85. The molecule has 0 saturated carbocycles. The van der Waals surface area contributed by atoms with Crippen molar-refractivity contribution in [2.75, 3.05) is 0 Å². The van der Waals surface area contributed by atoms with Crippen molar-refractivity contribution in [2.24, 2.45) is 0 Å². The van der Waals surface area contributed by atoms with Crippen molar-refractivity contribution in [3.8, 4) is 11.3 Å². The lowest BCUT2D eigenvalue weighted by Gasteiger charge is -2.00. The lowest BCUT2D eigenvalue weighted by atomic mass is 10.1. The van der Waals surface area contributed by atoms with Crippen molar-refractivity contribution in [1.82, 2.24) is 30.6 Å². The maximum atomic E-state index is 4.48. The highest BCUT2D eigenvalue weighted by Crippen LogP contribution is 2.24. The van der Waals surface area contributed by atoms with Gasteiger partial charge in [-0.25, -0.2) is 4.98 Å². The lowest BCUT2D eigenvalue weighted by molar-refractivity contribution is 0.954. The topological polar surface area (TPSA) is 83.1 Å². The Morgan fingerprint density at radius 1 is 0.947 bits per heavy atom. The average Bonchev–Trinajstić information content (AvgIpc) is 3.04. The second kappa shape index (κ2) is 3.61. The molecule has 2 N–H and O–H groups in total. The molecule has 3 heterocycles. The first-order valence-electron chi connectivity index (χ1n) is 5.94. The van der Waals surface area contributed by atoms with Crippen LogP contribution < -0.4 is 0 Å². The summed E-state index contributed by atoms with van der Waals surface area (Å²) in [5, 5.41) is 18.9. The fraction of sp³-hybridized carbons (Fsp3) is 0.0769. The highest BCUT2D eigenvalue weighted by atomic mass is 15.3. The summed E-state index contributed by atoms with van der Waals surface area (Å²) in [6.07, 6.45) is 0. The molecule has 1 aromatic carbocycles. The molecule has 0 radical (unpaired) electrons. The number of hydrogen-bond acceptors (Lipinski definition) is 4. The number of H-pyrrole nitrogens is 2. The monoisotopic (exact) mass is 250 g/mol.